The number of amides is 1. The van der Waals surface area contributed by atoms with Crippen molar-refractivity contribution in [2.75, 3.05) is 20.2 Å². The Morgan fingerprint density at radius 2 is 1.46 bits per heavy atom. The van der Waals surface area contributed by atoms with Gasteiger partial charge in [0, 0.05) is 13.5 Å². The summed E-state index contributed by atoms with van der Waals surface area (Å²) in [6.45, 7) is 0.223. The van der Waals surface area contributed by atoms with E-state index in [4.69, 9.17) is 9.84 Å². The van der Waals surface area contributed by atoms with Gasteiger partial charge >= 0.3 is 0 Å². The van der Waals surface area contributed by atoms with Crippen LogP contribution in [0.25, 0.3) is 0 Å². The highest BCUT2D eigenvalue weighted by molar-refractivity contribution is 5.75. The molecule has 0 radical (unpaired) electrons. The Labute approximate surface area is 155 Å². The van der Waals surface area contributed by atoms with Crippen molar-refractivity contribution < 1.29 is 30.0 Å². The van der Waals surface area contributed by atoms with Gasteiger partial charge in [0.15, 0.2) is 0 Å². The summed E-state index contributed by atoms with van der Waals surface area (Å²) in [5.41, 5.74) is 0. The van der Waals surface area contributed by atoms with Crippen LogP contribution in [0.15, 0.2) is 0 Å². The minimum atomic E-state index is -1.33. The first-order valence-electron chi connectivity index (χ1n) is 9.75. The van der Waals surface area contributed by atoms with Crippen molar-refractivity contribution in [1.82, 2.24) is 10.6 Å². The molecule has 8 nitrogen and oxygen atoms in total. The molecule has 1 fully saturated rings. The van der Waals surface area contributed by atoms with E-state index in [9.17, 15) is 20.1 Å². The quantitative estimate of drug-likeness (QED) is 0.242. The summed E-state index contributed by atoms with van der Waals surface area (Å²) in [5.74, 6) is 0.108. The van der Waals surface area contributed by atoms with Gasteiger partial charge in [-0.2, -0.15) is 0 Å². The Balaban J connectivity index is 1.99. The molecule has 26 heavy (non-hydrogen) atoms. The highest BCUT2D eigenvalue weighted by atomic mass is 16.6. The smallest absolute Gasteiger partial charge is 0.219 e. The fraction of sp³-hybridized carbons (Fsp3) is 0.944. The molecule has 1 heterocycles. The number of rotatable bonds is 13. The van der Waals surface area contributed by atoms with Gasteiger partial charge in [0.2, 0.25) is 5.91 Å². The van der Waals surface area contributed by atoms with Crippen molar-refractivity contribution in [2.24, 2.45) is 0 Å². The zero-order chi connectivity index (χ0) is 19.4. The van der Waals surface area contributed by atoms with Crippen LogP contribution in [0, 0.1) is 0 Å². The molecular formula is C18H36N2O6. The van der Waals surface area contributed by atoms with Gasteiger partial charge in [0.25, 0.3) is 0 Å². The molecule has 1 aliphatic heterocycles. The van der Waals surface area contributed by atoms with Crippen molar-refractivity contribution in [3.05, 3.63) is 0 Å². The number of unbranched alkanes of at least 4 members (excludes halogenated alkanes) is 7. The molecular weight excluding hydrogens is 340 g/mol. The number of nitrogens with one attached hydrogen (secondary N) is 2. The molecule has 8 heteroatoms. The second-order valence-electron chi connectivity index (χ2n) is 6.96. The monoisotopic (exact) mass is 376 g/mol. The lowest BCUT2D eigenvalue weighted by atomic mass is 9.98. The molecule has 154 valence electrons. The van der Waals surface area contributed by atoms with Gasteiger partial charge in [-0.05, 0) is 19.4 Å². The second-order valence-corrected chi connectivity index (χ2v) is 6.96. The van der Waals surface area contributed by atoms with Gasteiger partial charge < -0.3 is 30.5 Å². The Morgan fingerprint density at radius 1 is 0.885 bits per heavy atom. The zero-order valence-corrected chi connectivity index (χ0v) is 15.8. The molecule has 5 atom stereocenters. The van der Waals surface area contributed by atoms with E-state index in [1.54, 1.807) is 7.05 Å². The molecule has 5 unspecified atom stereocenters. The van der Waals surface area contributed by atoms with Crippen LogP contribution in [0.1, 0.15) is 57.8 Å². The standard InChI is InChI=1S/C18H36N2O6/c1-19-14(22)10-8-6-4-2-3-5-7-9-11-20-18-17(25)16(24)15(23)13(12-21)26-18/h13,15-18,20-21,23-25H,2-12H2,1H3,(H,19,22). The molecule has 1 rings (SSSR count). The molecule has 0 aromatic heterocycles. The summed E-state index contributed by atoms with van der Waals surface area (Å²) in [6.07, 6.45) is 3.73. The van der Waals surface area contributed by atoms with Crippen LogP contribution < -0.4 is 10.6 Å². The van der Waals surface area contributed by atoms with E-state index in [1.807, 2.05) is 0 Å². The molecule has 1 amide bonds. The summed E-state index contributed by atoms with van der Waals surface area (Å²) in [7, 11) is 1.66. The Bertz CT molecular complexity index is 383. The van der Waals surface area contributed by atoms with Gasteiger partial charge in [-0.25, -0.2) is 0 Å². The summed E-state index contributed by atoms with van der Waals surface area (Å²) in [4.78, 5) is 11.1. The summed E-state index contributed by atoms with van der Waals surface area (Å²) >= 11 is 0. The predicted molar refractivity (Wildman–Crippen MR) is 97.4 cm³/mol. The highest BCUT2D eigenvalue weighted by Crippen LogP contribution is 2.19. The minimum Gasteiger partial charge on any atom is -0.394 e. The third-order valence-corrected chi connectivity index (χ3v) is 4.85. The molecule has 0 spiro atoms. The topological polar surface area (TPSA) is 131 Å². The molecule has 6 N–H and O–H groups in total. The van der Waals surface area contributed by atoms with Crippen molar-refractivity contribution in [3.63, 3.8) is 0 Å². The lowest BCUT2D eigenvalue weighted by Gasteiger charge is -2.40. The fourth-order valence-corrected chi connectivity index (χ4v) is 3.11. The van der Waals surface area contributed by atoms with E-state index in [2.05, 4.69) is 10.6 Å². The van der Waals surface area contributed by atoms with Crippen LogP contribution in [-0.2, 0) is 9.53 Å². The molecule has 1 saturated heterocycles. The maximum atomic E-state index is 11.1. The SMILES string of the molecule is CNC(=O)CCCCCCCCCCNC1OC(CO)C(O)C(O)C1O. The third kappa shape index (κ3) is 8.28. The Hall–Kier alpha value is -0.770. The third-order valence-electron chi connectivity index (χ3n) is 4.85. The lowest BCUT2D eigenvalue weighted by Crippen LogP contribution is -2.62. The van der Waals surface area contributed by atoms with E-state index < -0.39 is 37.3 Å². The molecule has 0 bridgehead atoms. The summed E-state index contributed by atoms with van der Waals surface area (Å²) in [5, 5.41) is 44.1. The molecule has 1 aliphatic rings. The minimum absolute atomic E-state index is 0.108. The lowest BCUT2D eigenvalue weighted by molar-refractivity contribution is -0.236. The largest absolute Gasteiger partial charge is 0.394 e. The Morgan fingerprint density at radius 3 is 2.04 bits per heavy atom. The molecule has 0 aliphatic carbocycles. The van der Waals surface area contributed by atoms with Crippen molar-refractivity contribution in [2.45, 2.75) is 88.4 Å². The normalized spacial score (nSPS) is 28.9. The number of hydrogen-bond acceptors (Lipinski definition) is 7. The van der Waals surface area contributed by atoms with Crippen LogP contribution in [-0.4, -0.2) is 77.2 Å². The van der Waals surface area contributed by atoms with Gasteiger partial charge in [0.05, 0.1) is 6.61 Å². The van der Waals surface area contributed by atoms with E-state index in [-0.39, 0.29) is 5.91 Å². The second kappa shape index (κ2) is 13.4. The Kier molecular flexibility index (Phi) is 12.0. The van der Waals surface area contributed by atoms with E-state index in [0.717, 1.165) is 38.5 Å². The van der Waals surface area contributed by atoms with E-state index in [0.29, 0.717) is 13.0 Å². The average Bonchev–Trinajstić information content (AvgIpc) is 2.65. The zero-order valence-electron chi connectivity index (χ0n) is 15.8. The van der Waals surface area contributed by atoms with Gasteiger partial charge in [-0.15, -0.1) is 0 Å². The van der Waals surface area contributed by atoms with Gasteiger partial charge in [-0.3, -0.25) is 10.1 Å². The predicted octanol–water partition coefficient (Wildman–Crippen LogP) is -0.367. The van der Waals surface area contributed by atoms with Crippen molar-refractivity contribution >= 4 is 5.91 Å². The van der Waals surface area contributed by atoms with Crippen molar-refractivity contribution in [1.29, 1.82) is 0 Å². The molecule has 0 aromatic carbocycles. The van der Waals surface area contributed by atoms with Gasteiger partial charge in [-0.1, -0.05) is 38.5 Å². The van der Waals surface area contributed by atoms with Crippen LogP contribution in [0.5, 0.6) is 0 Å². The molecule has 0 saturated carbocycles. The fourth-order valence-electron chi connectivity index (χ4n) is 3.11. The first kappa shape index (κ1) is 23.3. The van der Waals surface area contributed by atoms with Crippen LogP contribution >= 0.6 is 0 Å². The number of carbonyl (C=O) groups is 1. The van der Waals surface area contributed by atoms with Crippen LogP contribution in [0.2, 0.25) is 0 Å². The van der Waals surface area contributed by atoms with E-state index in [1.165, 1.54) is 12.8 Å². The maximum Gasteiger partial charge on any atom is 0.219 e. The van der Waals surface area contributed by atoms with Gasteiger partial charge in [0.1, 0.15) is 30.6 Å². The number of aliphatic hydroxyl groups is 4. The van der Waals surface area contributed by atoms with E-state index >= 15 is 0 Å². The highest BCUT2D eigenvalue weighted by Gasteiger charge is 2.42. The number of hydrogen-bond donors (Lipinski definition) is 6. The molecule has 0 aromatic rings. The van der Waals surface area contributed by atoms with Crippen molar-refractivity contribution in [3.8, 4) is 0 Å². The summed E-state index contributed by atoms with van der Waals surface area (Å²) < 4.78 is 5.39. The first-order chi connectivity index (χ1) is 12.5. The number of ether oxygens (including phenoxy) is 1. The maximum absolute atomic E-state index is 11.1. The number of carbonyl (C=O) groups excluding carboxylic acids is 1. The average molecular weight is 376 g/mol. The van der Waals surface area contributed by atoms with Crippen LogP contribution in [0.3, 0.4) is 0 Å². The first-order valence-corrected chi connectivity index (χ1v) is 9.75. The number of aliphatic hydroxyl groups excluding tert-OH is 4. The van der Waals surface area contributed by atoms with Crippen LogP contribution in [0.4, 0.5) is 0 Å². The summed E-state index contributed by atoms with van der Waals surface area (Å²) in [6, 6.07) is 0.